The molecule has 0 spiro atoms. The van der Waals surface area contributed by atoms with Crippen molar-refractivity contribution < 1.29 is 0 Å². The highest BCUT2D eigenvalue weighted by Crippen LogP contribution is 2.25. The average Bonchev–Trinajstić information content (AvgIpc) is 3.20. The fraction of sp³-hybridized carbons (Fsp3) is 0.318. The highest BCUT2D eigenvalue weighted by atomic mass is 15.3. The van der Waals surface area contributed by atoms with E-state index in [0.29, 0.717) is 12.6 Å². The third kappa shape index (κ3) is 5.42. The van der Waals surface area contributed by atoms with E-state index < -0.39 is 0 Å². The van der Waals surface area contributed by atoms with Gasteiger partial charge in [-0.3, -0.25) is 0 Å². The lowest BCUT2D eigenvalue weighted by Crippen LogP contribution is -2.41. The average molecular weight is 377 g/mol. The maximum absolute atomic E-state index is 4.75. The Bertz CT molecular complexity index is 882. The molecule has 0 radical (unpaired) electrons. The summed E-state index contributed by atoms with van der Waals surface area (Å²) < 4.78 is 1.82. The maximum atomic E-state index is 4.75. The molecule has 6 heteroatoms. The quantitative estimate of drug-likeness (QED) is 0.490. The molecule has 3 rings (SSSR count). The van der Waals surface area contributed by atoms with E-state index in [1.54, 1.807) is 12.7 Å². The maximum Gasteiger partial charge on any atom is 0.191 e. The Labute approximate surface area is 166 Å². The molecule has 6 nitrogen and oxygen atoms in total. The van der Waals surface area contributed by atoms with Crippen LogP contribution in [0.15, 0.2) is 66.2 Å². The van der Waals surface area contributed by atoms with Crippen molar-refractivity contribution in [2.45, 2.75) is 39.9 Å². The second-order valence-corrected chi connectivity index (χ2v) is 6.94. The lowest BCUT2D eigenvalue weighted by atomic mass is 9.98. The van der Waals surface area contributed by atoms with Gasteiger partial charge in [-0.25, -0.2) is 14.7 Å². The van der Waals surface area contributed by atoms with Crippen molar-refractivity contribution in [3.05, 3.63) is 72.3 Å². The molecular weight excluding hydrogens is 348 g/mol. The number of nitrogens with zero attached hydrogens (tertiary/aromatic N) is 4. The van der Waals surface area contributed by atoms with Crippen LogP contribution in [0.2, 0.25) is 0 Å². The minimum atomic E-state index is 0.338. The molecule has 28 heavy (non-hydrogen) atoms. The van der Waals surface area contributed by atoms with Gasteiger partial charge in [0.2, 0.25) is 0 Å². The first-order valence-corrected chi connectivity index (χ1v) is 9.70. The molecule has 0 aliphatic carbocycles. The fourth-order valence-corrected chi connectivity index (χ4v) is 2.99. The van der Waals surface area contributed by atoms with Crippen molar-refractivity contribution >= 4 is 5.96 Å². The molecule has 0 saturated carbocycles. The number of guanidine groups is 1. The Morgan fingerprint density at radius 2 is 1.89 bits per heavy atom. The lowest BCUT2D eigenvalue weighted by molar-refractivity contribution is 0.685. The summed E-state index contributed by atoms with van der Waals surface area (Å²) in [5.41, 5.74) is 4.79. The van der Waals surface area contributed by atoms with Crippen molar-refractivity contribution in [1.29, 1.82) is 0 Å². The SMILES string of the molecule is CCNC(=NCc1ccccc1-c1ccc(Cn2cncn2)cc1)NC(C)C. The van der Waals surface area contributed by atoms with Gasteiger partial charge in [0.15, 0.2) is 5.96 Å². The number of aromatic nitrogens is 3. The largest absolute Gasteiger partial charge is 0.357 e. The molecule has 2 N–H and O–H groups in total. The molecule has 3 aromatic rings. The molecule has 146 valence electrons. The second-order valence-electron chi connectivity index (χ2n) is 6.94. The highest BCUT2D eigenvalue weighted by molar-refractivity contribution is 5.80. The predicted octanol–water partition coefficient (Wildman–Crippen LogP) is 3.46. The van der Waals surface area contributed by atoms with Gasteiger partial charge in [-0.05, 0) is 43.0 Å². The third-order valence-corrected chi connectivity index (χ3v) is 4.27. The highest BCUT2D eigenvalue weighted by Gasteiger charge is 2.06. The lowest BCUT2D eigenvalue weighted by Gasteiger charge is -2.15. The van der Waals surface area contributed by atoms with Gasteiger partial charge >= 0.3 is 0 Å². The van der Waals surface area contributed by atoms with Crippen LogP contribution in [-0.2, 0) is 13.1 Å². The van der Waals surface area contributed by atoms with E-state index in [4.69, 9.17) is 4.99 Å². The summed E-state index contributed by atoms with van der Waals surface area (Å²) in [6.45, 7) is 8.49. The Hall–Kier alpha value is -3.15. The number of hydrogen-bond acceptors (Lipinski definition) is 3. The molecule has 1 aromatic heterocycles. The normalized spacial score (nSPS) is 11.6. The summed E-state index contributed by atoms with van der Waals surface area (Å²) in [5.74, 6) is 0.843. The summed E-state index contributed by atoms with van der Waals surface area (Å²) in [6, 6.07) is 17.4. The monoisotopic (exact) mass is 376 g/mol. The van der Waals surface area contributed by atoms with Gasteiger partial charge in [0, 0.05) is 12.6 Å². The van der Waals surface area contributed by atoms with E-state index in [-0.39, 0.29) is 0 Å². The zero-order chi connectivity index (χ0) is 19.8. The fourth-order valence-electron chi connectivity index (χ4n) is 2.99. The second kappa shape index (κ2) is 9.69. The van der Waals surface area contributed by atoms with Gasteiger partial charge in [0.1, 0.15) is 12.7 Å². The van der Waals surface area contributed by atoms with Crippen molar-refractivity contribution in [3.63, 3.8) is 0 Å². The van der Waals surface area contributed by atoms with Crippen LogP contribution in [0, 0.1) is 0 Å². The number of rotatable bonds is 7. The molecule has 0 atom stereocenters. The van der Waals surface area contributed by atoms with Crippen molar-refractivity contribution in [1.82, 2.24) is 25.4 Å². The van der Waals surface area contributed by atoms with Crippen LogP contribution in [-0.4, -0.2) is 33.3 Å². The summed E-state index contributed by atoms with van der Waals surface area (Å²) in [4.78, 5) is 8.74. The molecule has 0 unspecified atom stereocenters. The van der Waals surface area contributed by atoms with Crippen LogP contribution < -0.4 is 10.6 Å². The van der Waals surface area contributed by atoms with Gasteiger partial charge in [0.05, 0.1) is 13.1 Å². The molecule has 0 saturated heterocycles. The van der Waals surface area contributed by atoms with Crippen LogP contribution in [0.25, 0.3) is 11.1 Å². The van der Waals surface area contributed by atoms with E-state index >= 15 is 0 Å². The molecule has 2 aromatic carbocycles. The number of hydrogen-bond donors (Lipinski definition) is 2. The minimum Gasteiger partial charge on any atom is -0.357 e. The van der Waals surface area contributed by atoms with Crippen LogP contribution in [0.5, 0.6) is 0 Å². The Morgan fingerprint density at radius 1 is 1.11 bits per heavy atom. The molecule has 0 bridgehead atoms. The van der Waals surface area contributed by atoms with Crippen LogP contribution in [0.3, 0.4) is 0 Å². The van der Waals surface area contributed by atoms with Crippen LogP contribution >= 0.6 is 0 Å². The van der Waals surface area contributed by atoms with E-state index in [0.717, 1.165) is 19.0 Å². The van der Waals surface area contributed by atoms with Gasteiger partial charge in [-0.1, -0.05) is 48.5 Å². The van der Waals surface area contributed by atoms with Gasteiger partial charge in [-0.2, -0.15) is 5.10 Å². The van der Waals surface area contributed by atoms with Crippen LogP contribution in [0.1, 0.15) is 31.9 Å². The van der Waals surface area contributed by atoms with E-state index in [1.165, 1.54) is 22.3 Å². The van der Waals surface area contributed by atoms with Crippen molar-refractivity contribution in [2.24, 2.45) is 4.99 Å². The number of nitrogens with one attached hydrogen (secondary N) is 2. The Balaban J connectivity index is 1.77. The summed E-state index contributed by atoms with van der Waals surface area (Å²) >= 11 is 0. The smallest absolute Gasteiger partial charge is 0.191 e. The zero-order valence-electron chi connectivity index (χ0n) is 16.8. The molecule has 0 amide bonds. The summed E-state index contributed by atoms with van der Waals surface area (Å²) in [7, 11) is 0. The van der Waals surface area contributed by atoms with Gasteiger partial charge in [0.25, 0.3) is 0 Å². The number of aliphatic imine (C=N–C) groups is 1. The third-order valence-electron chi connectivity index (χ3n) is 4.27. The zero-order valence-corrected chi connectivity index (χ0v) is 16.8. The standard InChI is InChI=1S/C22H28N6/c1-4-24-22(27-17(2)3)25-13-20-7-5-6-8-21(20)19-11-9-18(10-12-19)14-28-16-23-15-26-28/h5-12,15-17H,4,13-14H2,1-3H3,(H2,24,25,27). The molecular formula is C22H28N6. The molecule has 0 aliphatic rings. The first kappa shape index (κ1) is 19.6. The topological polar surface area (TPSA) is 67.1 Å². The molecule has 0 fully saturated rings. The van der Waals surface area contributed by atoms with E-state index in [1.807, 2.05) is 4.68 Å². The molecule has 0 aliphatic heterocycles. The van der Waals surface area contributed by atoms with Crippen molar-refractivity contribution in [2.75, 3.05) is 6.54 Å². The Morgan fingerprint density at radius 3 is 2.57 bits per heavy atom. The van der Waals surface area contributed by atoms with E-state index in [9.17, 15) is 0 Å². The summed E-state index contributed by atoms with van der Waals surface area (Å²) in [5, 5.41) is 10.8. The predicted molar refractivity (Wildman–Crippen MR) is 114 cm³/mol. The first-order valence-electron chi connectivity index (χ1n) is 9.70. The number of benzene rings is 2. The van der Waals surface area contributed by atoms with Gasteiger partial charge < -0.3 is 10.6 Å². The Kier molecular flexibility index (Phi) is 6.78. The van der Waals surface area contributed by atoms with Crippen molar-refractivity contribution in [3.8, 4) is 11.1 Å². The summed E-state index contributed by atoms with van der Waals surface area (Å²) in [6.07, 6.45) is 3.29. The minimum absolute atomic E-state index is 0.338. The first-order chi connectivity index (χ1) is 13.7. The van der Waals surface area contributed by atoms with Gasteiger partial charge in [-0.15, -0.1) is 0 Å². The van der Waals surface area contributed by atoms with Crippen LogP contribution in [0.4, 0.5) is 0 Å². The molecule has 1 heterocycles. The van der Waals surface area contributed by atoms with E-state index in [2.05, 4.69) is 90.0 Å².